The molecule has 4 heteroatoms. The van der Waals surface area contributed by atoms with Crippen LogP contribution in [0.15, 0.2) is 53.0 Å². The monoisotopic (exact) mass is 336 g/mol. The number of hydrogen-bond donors (Lipinski definition) is 0. The summed E-state index contributed by atoms with van der Waals surface area (Å²) in [4.78, 5) is 23.9. The Labute approximate surface area is 124 Å². The number of Topliss-reactive ketones (excluding diaryl/α,β-unsaturated/α-hetero) is 2. The Hall–Kier alpha value is -1.45. The zero-order valence-electron chi connectivity index (χ0n) is 9.90. The number of ketones is 2. The normalized spacial score (nSPS) is 10.2. The second kappa shape index (κ2) is 6.13. The van der Waals surface area contributed by atoms with Gasteiger partial charge in [-0.15, -0.1) is 0 Å². The SMILES string of the molecule is O=C(CC(=O)c1ccc(Br)cc1)c1ccc(Cl)cc1. The van der Waals surface area contributed by atoms with Crippen LogP contribution >= 0.6 is 27.5 Å². The minimum Gasteiger partial charge on any atom is -0.294 e. The lowest BCUT2D eigenvalue weighted by Crippen LogP contribution is -2.08. The summed E-state index contributed by atoms with van der Waals surface area (Å²) in [5, 5.41) is 0.566. The van der Waals surface area contributed by atoms with Gasteiger partial charge in [-0.05, 0) is 36.4 Å². The lowest BCUT2D eigenvalue weighted by Gasteiger charge is -2.02. The van der Waals surface area contributed by atoms with E-state index in [4.69, 9.17) is 11.6 Å². The number of carbonyl (C=O) groups excluding carboxylic acids is 2. The molecule has 2 nitrogen and oxygen atoms in total. The molecule has 0 spiro atoms. The van der Waals surface area contributed by atoms with Crippen molar-refractivity contribution in [3.63, 3.8) is 0 Å². The fraction of sp³-hybridized carbons (Fsp3) is 0.0667. The van der Waals surface area contributed by atoms with E-state index in [0.29, 0.717) is 16.1 Å². The maximum absolute atomic E-state index is 11.9. The lowest BCUT2D eigenvalue weighted by molar-refractivity contribution is 0.0894. The average molecular weight is 338 g/mol. The van der Waals surface area contributed by atoms with Crippen LogP contribution in [-0.4, -0.2) is 11.6 Å². The van der Waals surface area contributed by atoms with Crippen LogP contribution in [0.4, 0.5) is 0 Å². The third-order valence-corrected chi connectivity index (χ3v) is 3.43. The van der Waals surface area contributed by atoms with Gasteiger partial charge in [0.15, 0.2) is 11.6 Å². The highest BCUT2D eigenvalue weighted by Gasteiger charge is 2.13. The van der Waals surface area contributed by atoms with E-state index in [9.17, 15) is 9.59 Å². The van der Waals surface area contributed by atoms with Crippen molar-refractivity contribution < 1.29 is 9.59 Å². The van der Waals surface area contributed by atoms with E-state index >= 15 is 0 Å². The van der Waals surface area contributed by atoms with Gasteiger partial charge in [0.1, 0.15) is 0 Å². The first-order chi connectivity index (χ1) is 9.06. The zero-order valence-corrected chi connectivity index (χ0v) is 12.2. The minimum atomic E-state index is -0.204. The Morgan fingerprint density at radius 1 is 0.842 bits per heavy atom. The molecule has 0 heterocycles. The summed E-state index contributed by atoms with van der Waals surface area (Å²) in [6.45, 7) is 0. The third-order valence-electron chi connectivity index (χ3n) is 2.65. The van der Waals surface area contributed by atoms with Crippen LogP contribution in [0.3, 0.4) is 0 Å². The molecule has 0 aliphatic carbocycles. The average Bonchev–Trinajstić information content (AvgIpc) is 2.40. The summed E-state index contributed by atoms with van der Waals surface area (Å²) in [5.41, 5.74) is 1.03. The van der Waals surface area contributed by atoms with Crippen molar-refractivity contribution in [2.75, 3.05) is 0 Å². The second-order valence-electron chi connectivity index (χ2n) is 4.04. The molecule has 2 aromatic rings. The van der Waals surface area contributed by atoms with Crippen LogP contribution < -0.4 is 0 Å². The molecule has 96 valence electrons. The van der Waals surface area contributed by atoms with Crippen LogP contribution in [0.5, 0.6) is 0 Å². The Balaban J connectivity index is 2.08. The maximum Gasteiger partial charge on any atom is 0.170 e. The van der Waals surface area contributed by atoms with Crippen molar-refractivity contribution in [3.8, 4) is 0 Å². The van der Waals surface area contributed by atoms with Crippen LogP contribution in [0, 0.1) is 0 Å². The molecule has 0 amide bonds. The zero-order chi connectivity index (χ0) is 13.8. The first kappa shape index (κ1) is 14.0. The smallest absolute Gasteiger partial charge is 0.170 e. The maximum atomic E-state index is 11.9. The van der Waals surface area contributed by atoms with Crippen molar-refractivity contribution in [2.45, 2.75) is 6.42 Å². The molecule has 0 radical (unpaired) electrons. The Kier molecular flexibility index (Phi) is 4.51. The first-order valence-electron chi connectivity index (χ1n) is 5.64. The fourth-order valence-electron chi connectivity index (χ4n) is 1.62. The standard InChI is InChI=1S/C15H10BrClO2/c16-12-5-1-10(2-6-12)14(18)9-15(19)11-3-7-13(17)8-4-11/h1-8H,9H2. The topological polar surface area (TPSA) is 34.1 Å². The summed E-state index contributed by atoms with van der Waals surface area (Å²) in [6.07, 6.45) is -0.136. The molecule has 0 aliphatic rings. The van der Waals surface area contributed by atoms with Gasteiger partial charge < -0.3 is 0 Å². The Morgan fingerprint density at radius 2 is 1.26 bits per heavy atom. The molecular weight excluding hydrogens is 328 g/mol. The predicted molar refractivity (Wildman–Crippen MR) is 78.9 cm³/mol. The van der Waals surface area contributed by atoms with Gasteiger partial charge in [0.2, 0.25) is 0 Å². The number of benzene rings is 2. The molecular formula is C15H10BrClO2. The summed E-state index contributed by atoms with van der Waals surface area (Å²) in [7, 11) is 0. The van der Waals surface area contributed by atoms with E-state index in [1.54, 1.807) is 48.5 Å². The van der Waals surface area contributed by atoms with Gasteiger partial charge in [-0.2, -0.15) is 0 Å². The highest BCUT2D eigenvalue weighted by Crippen LogP contribution is 2.15. The molecule has 0 aliphatic heterocycles. The van der Waals surface area contributed by atoms with Gasteiger partial charge in [0.25, 0.3) is 0 Å². The third kappa shape index (κ3) is 3.75. The van der Waals surface area contributed by atoms with Crippen molar-refractivity contribution in [1.82, 2.24) is 0 Å². The Bertz CT molecular complexity index is 548. The van der Waals surface area contributed by atoms with Crippen molar-refractivity contribution in [3.05, 3.63) is 69.2 Å². The van der Waals surface area contributed by atoms with Gasteiger partial charge in [-0.25, -0.2) is 0 Å². The van der Waals surface area contributed by atoms with E-state index in [0.717, 1.165) is 4.47 Å². The van der Waals surface area contributed by atoms with Crippen LogP contribution in [0.25, 0.3) is 0 Å². The number of hydrogen-bond acceptors (Lipinski definition) is 2. The van der Waals surface area contributed by atoms with Crippen LogP contribution in [-0.2, 0) is 0 Å². The first-order valence-corrected chi connectivity index (χ1v) is 6.81. The molecule has 0 fully saturated rings. The molecule has 0 saturated carbocycles. The van der Waals surface area contributed by atoms with Crippen LogP contribution in [0.2, 0.25) is 5.02 Å². The van der Waals surface area contributed by atoms with E-state index in [1.165, 1.54) is 0 Å². The summed E-state index contributed by atoms with van der Waals surface area (Å²) < 4.78 is 0.896. The fourth-order valence-corrected chi connectivity index (χ4v) is 2.01. The van der Waals surface area contributed by atoms with Gasteiger partial charge in [-0.1, -0.05) is 39.7 Å². The summed E-state index contributed by atoms with van der Waals surface area (Å²) in [5.74, 6) is -0.392. The molecule has 0 N–H and O–H groups in total. The molecule has 0 bridgehead atoms. The van der Waals surface area contributed by atoms with E-state index in [1.807, 2.05) is 0 Å². The van der Waals surface area contributed by atoms with Crippen LogP contribution in [0.1, 0.15) is 27.1 Å². The molecule has 0 saturated heterocycles. The number of carbonyl (C=O) groups is 2. The number of rotatable bonds is 4. The summed E-state index contributed by atoms with van der Waals surface area (Å²) in [6, 6.07) is 13.5. The molecule has 19 heavy (non-hydrogen) atoms. The van der Waals surface area contributed by atoms with E-state index in [2.05, 4.69) is 15.9 Å². The van der Waals surface area contributed by atoms with E-state index in [-0.39, 0.29) is 18.0 Å². The molecule has 2 aromatic carbocycles. The molecule has 0 aromatic heterocycles. The Morgan fingerprint density at radius 3 is 1.74 bits per heavy atom. The molecule has 0 unspecified atom stereocenters. The van der Waals surface area contributed by atoms with Crippen molar-refractivity contribution in [2.24, 2.45) is 0 Å². The van der Waals surface area contributed by atoms with Crippen molar-refractivity contribution >= 4 is 39.1 Å². The highest BCUT2D eigenvalue weighted by atomic mass is 79.9. The largest absolute Gasteiger partial charge is 0.294 e. The predicted octanol–water partition coefficient (Wildman–Crippen LogP) is 4.56. The summed E-state index contributed by atoms with van der Waals surface area (Å²) >= 11 is 9.05. The quantitative estimate of drug-likeness (QED) is 0.605. The molecule has 2 rings (SSSR count). The second-order valence-corrected chi connectivity index (χ2v) is 5.39. The number of halogens is 2. The minimum absolute atomic E-state index is 0.136. The van der Waals surface area contributed by atoms with Gasteiger partial charge in [-0.3, -0.25) is 9.59 Å². The van der Waals surface area contributed by atoms with Crippen molar-refractivity contribution in [1.29, 1.82) is 0 Å². The van der Waals surface area contributed by atoms with Gasteiger partial charge in [0, 0.05) is 20.6 Å². The van der Waals surface area contributed by atoms with Gasteiger partial charge in [0.05, 0.1) is 6.42 Å². The molecule has 0 atom stereocenters. The lowest BCUT2D eigenvalue weighted by atomic mass is 10.0. The highest BCUT2D eigenvalue weighted by molar-refractivity contribution is 9.10. The van der Waals surface area contributed by atoms with Gasteiger partial charge >= 0.3 is 0 Å². The van der Waals surface area contributed by atoms with E-state index < -0.39 is 0 Å².